The molecule has 2 aliphatic rings. The molecule has 2 aliphatic carbocycles. The van der Waals surface area contributed by atoms with Gasteiger partial charge in [0.05, 0.1) is 11.6 Å². The van der Waals surface area contributed by atoms with E-state index in [-0.39, 0.29) is 29.5 Å². The minimum absolute atomic E-state index is 0.0773. The molecule has 2 aromatic carbocycles. The van der Waals surface area contributed by atoms with Crippen molar-refractivity contribution in [2.24, 2.45) is 0 Å². The normalized spacial score (nSPS) is 22.8. The number of benzene rings is 2. The van der Waals surface area contributed by atoms with Gasteiger partial charge in [-0.05, 0) is 80.7 Å². The van der Waals surface area contributed by atoms with Crippen LogP contribution in [-0.2, 0) is 5.60 Å². The lowest BCUT2D eigenvalue weighted by Crippen LogP contribution is -2.44. The van der Waals surface area contributed by atoms with Gasteiger partial charge in [0.25, 0.3) is 5.91 Å². The van der Waals surface area contributed by atoms with Gasteiger partial charge in [-0.2, -0.15) is 18.4 Å². The van der Waals surface area contributed by atoms with E-state index in [4.69, 9.17) is 0 Å². The summed E-state index contributed by atoms with van der Waals surface area (Å²) in [4.78, 5) is 15.3. The summed E-state index contributed by atoms with van der Waals surface area (Å²) in [5.41, 5.74) is -1.16. The SMILES string of the molecule is C[C@](O)(c1ccc(C(=O)N(C2CC2)[C@H]2CC[C@@H](c3ccccc3C#N)CC2)cc1)C(F)(F)F. The average molecular weight is 457 g/mol. The second kappa shape index (κ2) is 8.83. The predicted octanol–water partition coefficient (Wildman–Crippen LogP) is 5.66. The van der Waals surface area contributed by atoms with Gasteiger partial charge in [-0.3, -0.25) is 4.79 Å². The molecule has 0 bridgehead atoms. The van der Waals surface area contributed by atoms with Gasteiger partial charge in [0.2, 0.25) is 0 Å². The second-order valence-electron chi connectivity index (χ2n) is 9.30. The molecule has 0 radical (unpaired) electrons. The van der Waals surface area contributed by atoms with Crippen molar-refractivity contribution < 1.29 is 23.1 Å². The van der Waals surface area contributed by atoms with Crippen molar-refractivity contribution >= 4 is 5.91 Å². The van der Waals surface area contributed by atoms with Crippen LogP contribution < -0.4 is 0 Å². The molecule has 2 aromatic rings. The quantitative estimate of drug-likeness (QED) is 0.632. The number of halogens is 3. The number of nitrogens with zero attached hydrogens (tertiary/aromatic N) is 2. The molecule has 2 fully saturated rings. The van der Waals surface area contributed by atoms with Crippen LogP contribution in [0.3, 0.4) is 0 Å². The summed E-state index contributed by atoms with van der Waals surface area (Å²) < 4.78 is 39.4. The van der Waals surface area contributed by atoms with Crippen LogP contribution in [0.1, 0.15) is 78.4 Å². The van der Waals surface area contributed by atoms with E-state index >= 15 is 0 Å². The zero-order chi connectivity index (χ0) is 23.8. The molecule has 4 nitrogen and oxygen atoms in total. The zero-order valence-corrected chi connectivity index (χ0v) is 18.5. The maximum absolute atomic E-state index is 13.3. The van der Waals surface area contributed by atoms with E-state index in [1.165, 1.54) is 24.3 Å². The average Bonchev–Trinajstić information content (AvgIpc) is 3.64. The highest BCUT2D eigenvalue weighted by Gasteiger charge is 2.51. The van der Waals surface area contributed by atoms with Crippen molar-refractivity contribution in [1.29, 1.82) is 5.26 Å². The molecule has 1 amide bonds. The van der Waals surface area contributed by atoms with E-state index < -0.39 is 11.8 Å². The van der Waals surface area contributed by atoms with E-state index in [9.17, 15) is 28.3 Å². The molecule has 4 rings (SSSR count). The number of alkyl halides is 3. The summed E-state index contributed by atoms with van der Waals surface area (Å²) in [6.07, 6.45) is 0.483. The summed E-state index contributed by atoms with van der Waals surface area (Å²) in [7, 11) is 0. The molecule has 174 valence electrons. The molecule has 0 spiro atoms. The molecule has 1 N–H and O–H groups in total. The first kappa shape index (κ1) is 23.3. The van der Waals surface area contributed by atoms with Gasteiger partial charge in [-0.15, -0.1) is 0 Å². The number of hydrogen-bond donors (Lipinski definition) is 1. The minimum Gasteiger partial charge on any atom is -0.376 e. The number of rotatable bonds is 5. The Morgan fingerprint density at radius 2 is 1.52 bits per heavy atom. The fraction of sp³-hybridized carbons (Fsp3) is 0.462. The van der Waals surface area contributed by atoms with Crippen LogP contribution in [0.4, 0.5) is 13.2 Å². The number of amides is 1. The van der Waals surface area contributed by atoms with E-state index in [1.54, 1.807) is 0 Å². The summed E-state index contributed by atoms with van der Waals surface area (Å²) in [5, 5.41) is 19.3. The van der Waals surface area contributed by atoms with Gasteiger partial charge in [-0.1, -0.05) is 30.3 Å². The Kier molecular flexibility index (Phi) is 6.24. The third kappa shape index (κ3) is 4.63. The Morgan fingerprint density at radius 1 is 0.970 bits per heavy atom. The van der Waals surface area contributed by atoms with Gasteiger partial charge >= 0.3 is 6.18 Å². The van der Waals surface area contributed by atoms with Gasteiger partial charge in [0, 0.05) is 17.6 Å². The van der Waals surface area contributed by atoms with E-state index in [0.29, 0.717) is 18.1 Å². The van der Waals surface area contributed by atoms with Crippen LogP contribution in [0.15, 0.2) is 48.5 Å². The van der Waals surface area contributed by atoms with Crippen molar-refractivity contribution in [3.8, 4) is 6.07 Å². The number of carbonyl (C=O) groups is 1. The predicted molar refractivity (Wildman–Crippen MR) is 117 cm³/mol. The summed E-state index contributed by atoms with van der Waals surface area (Å²) in [6, 6.07) is 15.3. The van der Waals surface area contributed by atoms with E-state index in [1.807, 2.05) is 29.2 Å². The molecular weight excluding hydrogens is 429 g/mol. The van der Waals surface area contributed by atoms with E-state index in [2.05, 4.69) is 6.07 Å². The fourth-order valence-corrected chi connectivity index (χ4v) is 4.85. The number of carbonyl (C=O) groups excluding carboxylic acids is 1. The molecular formula is C26H27F3N2O2. The Hall–Kier alpha value is -2.85. The molecule has 7 heteroatoms. The number of hydrogen-bond acceptors (Lipinski definition) is 3. The van der Waals surface area contributed by atoms with Crippen molar-refractivity contribution in [3.05, 3.63) is 70.8 Å². The first-order valence-electron chi connectivity index (χ1n) is 11.3. The summed E-state index contributed by atoms with van der Waals surface area (Å²) in [6.45, 7) is 0.712. The highest BCUT2D eigenvalue weighted by Crippen LogP contribution is 2.41. The third-order valence-corrected chi connectivity index (χ3v) is 7.03. The van der Waals surface area contributed by atoms with Gasteiger partial charge in [0.1, 0.15) is 0 Å². The van der Waals surface area contributed by atoms with Crippen LogP contribution in [0.2, 0.25) is 0 Å². The summed E-state index contributed by atoms with van der Waals surface area (Å²) >= 11 is 0. The maximum Gasteiger partial charge on any atom is 0.421 e. The van der Waals surface area contributed by atoms with Crippen molar-refractivity contribution in [1.82, 2.24) is 4.90 Å². The Morgan fingerprint density at radius 3 is 2.03 bits per heavy atom. The third-order valence-electron chi connectivity index (χ3n) is 7.03. The largest absolute Gasteiger partial charge is 0.421 e. The highest BCUT2D eigenvalue weighted by molar-refractivity contribution is 5.95. The van der Waals surface area contributed by atoms with Crippen molar-refractivity contribution in [3.63, 3.8) is 0 Å². The fourth-order valence-electron chi connectivity index (χ4n) is 4.85. The molecule has 0 aliphatic heterocycles. The lowest BCUT2D eigenvalue weighted by molar-refractivity contribution is -0.258. The van der Waals surface area contributed by atoms with Crippen molar-refractivity contribution in [2.75, 3.05) is 0 Å². The van der Waals surface area contributed by atoms with Gasteiger partial charge < -0.3 is 10.0 Å². The minimum atomic E-state index is -4.80. The highest BCUT2D eigenvalue weighted by atomic mass is 19.4. The summed E-state index contributed by atoms with van der Waals surface area (Å²) in [5.74, 6) is 0.119. The smallest absolute Gasteiger partial charge is 0.376 e. The molecule has 33 heavy (non-hydrogen) atoms. The molecule has 1 atom stereocenters. The molecule has 0 heterocycles. The maximum atomic E-state index is 13.3. The molecule has 0 saturated heterocycles. The van der Waals surface area contributed by atoms with Crippen molar-refractivity contribution in [2.45, 2.75) is 75.2 Å². The zero-order valence-electron chi connectivity index (χ0n) is 18.5. The lowest BCUT2D eigenvalue weighted by Gasteiger charge is -2.37. The monoisotopic (exact) mass is 456 g/mol. The van der Waals surface area contributed by atoms with Crippen LogP contribution >= 0.6 is 0 Å². The Labute approximate surface area is 191 Å². The standard InChI is InChI=1S/C26H27F3N2O2/c1-25(33,26(27,28)29)20-10-6-18(7-11-20)24(32)31(22-14-15-22)21-12-8-17(9-13-21)23-5-3-2-4-19(23)16-30/h2-7,10-11,17,21-22,33H,8-9,12-15H2,1H3/t17-,21+,25-/m0/s1. The van der Waals surface area contributed by atoms with E-state index in [0.717, 1.165) is 44.1 Å². The van der Waals surface area contributed by atoms with Crippen LogP contribution in [0.5, 0.6) is 0 Å². The van der Waals surface area contributed by atoms with Crippen LogP contribution in [-0.4, -0.2) is 34.2 Å². The van der Waals surface area contributed by atoms with Gasteiger partial charge in [-0.25, -0.2) is 0 Å². The number of nitriles is 1. The lowest BCUT2D eigenvalue weighted by atomic mass is 9.79. The number of aliphatic hydroxyl groups is 1. The molecule has 2 saturated carbocycles. The van der Waals surface area contributed by atoms with Crippen LogP contribution in [0, 0.1) is 11.3 Å². The molecule has 0 aromatic heterocycles. The molecule has 0 unspecified atom stereocenters. The Balaban J connectivity index is 1.48. The Bertz CT molecular complexity index is 1040. The topological polar surface area (TPSA) is 64.3 Å². The van der Waals surface area contributed by atoms with Crippen LogP contribution in [0.25, 0.3) is 0 Å². The first-order valence-corrected chi connectivity index (χ1v) is 11.3. The first-order chi connectivity index (χ1) is 15.6. The van der Waals surface area contributed by atoms with Gasteiger partial charge in [0.15, 0.2) is 5.60 Å². The second-order valence-corrected chi connectivity index (χ2v) is 9.30.